The van der Waals surface area contributed by atoms with Gasteiger partial charge in [0.05, 0.1) is 6.61 Å². The first kappa shape index (κ1) is 13.5. The molecule has 1 aliphatic rings. The smallest absolute Gasteiger partial charge is 0.250 e. The zero-order valence-corrected chi connectivity index (χ0v) is 11.4. The first-order chi connectivity index (χ1) is 8.62. The van der Waals surface area contributed by atoms with Crippen LogP contribution in [0, 0.1) is 17.2 Å². The van der Waals surface area contributed by atoms with Gasteiger partial charge < -0.3 is 4.74 Å². The van der Waals surface area contributed by atoms with Gasteiger partial charge >= 0.3 is 0 Å². The van der Waals surface area contributed by atoms with Crippen molar-refractivity contribution in [2.45, 2.75) is 17.1 Å². The van der Waals surface area contributed by atoms with Gasteiger partial charge in [-0.1, -0.05) is 0 Å². The van der Waals surface area contributed by atoms with E-state index in [0.29, 0.717) is 17.4 Å². The standard InChI is InChI=1S/C11H14N2O3S2/c12-7-10-3-4-11(17-10)18(14,15)13-5-6-16-8-9-1-2-9/h3-4,9,13H,1-2,5-6,8H2. The summed E-state index contributed by atoms with van der Waals surface area (Å²) in [6.45, 7) is 1.36. The van der Waals surface area contributed by atoms with Crippen LogP contribution in [0.25, 0.3) is 0 Å². The molecule has 1 fully saturated rings. The van der Waals surface area contributed by atoms with Crippen molar-refractivity contribution < 1.29 is 13.2 Å². The second kappa shape index (κ2) is 5.80. The molecule has 1 aromatic heterocycles. The molecule has 0 spiro atoms. The zero-order valence-electron chi connectivity index (χ0n) is 9.76. The van der Waals surface area contributed by atoms with Gasteiger partial charge in [-0.25, -0.2) is 13.1 Å². The third-order valence-corrected chi connectivity index (χ3v) is 5.49. The molecule has 7 heteroatoms. The quantitative estimate of drug-likeness (QED) is 0.767. The van der Waals surface area contributed by atoms with Gasteiger partial charge in [-0.15, -0.1) is 11.3 Å². The lowest BCUT2D eigenvalue weighted by Gasteiger charge is -2.05. The van der Waals surface area contributed by atoms with Crippen LogP contribution < -0.4 is 4.72 Å². The molecule has 1 aromatic rings. The predicted molar refractivity (Wildman–Crippen MR) is 67.8 cm³/mol. The van der Waals surface area contributed by atoms with Crippen molar-refractivity contribution in [1.29, 1.82) is 5.26 Å². The second-order valence-corrected chi connectivity index (χ2v) is 7.22. The van der Waals surface area contributed by atoms with Crippen molar-refractivity contribution in [2.75, 3.05) is 19.8 Å². The molecule has 98 valence electrons. The second-order valence-electron chi connectivity index (χ2n) is 4.15. The van der Waals surface area contributed by atoms with Crippen molar-refractivity contribution in [3.05, 3.63) is 17.0 Å². The molecule has 0 amide bonds. The van der Waals surface area contributed by atoms with Gasteiger partial charge in [0.15, 0.2) is 0 Å². The average molecular weight is 286 g/mol. The highest BCUT2D eigenvalue weighted by molar-refractivity contribution is 7.91. The van der Waals surface area contributed by atoms with Crippen LogP contribution in [0.5, 0.6) is 0 Å². The van der Waals surface area contributed by atoms with Crippen LogP contribution in [0.2, 0.25) is 0 Å². The summed E-state index contributed by atoms with van der Waals surface area (Å²) >= 11 is 0.966. The van der Waals surface area contributed by atoms with Gasteiger partial charge in [-0.05, 0) is 30.9 Å². The van der Waals surface area contributed by atoms with E-state index in [-0.39, 0.29) is 10.8 Å². The number of thiophene rings is 1. The number of rotatable bonds is 7. The van der Waals surface area contributed by atoms with E-state index in [1.54, 1.807) is 0 Å². The third kappa shape index (κ3) is 3.78. The molecule has 2 rings (SSSR count). The molecule has 1 aliphatic carbocycles. The Labute approximate surface area is 110 Å². The Balaban J connectivity index is 1.77. The highest BCUT2D eigenvalue weighted by Gasteiger charge is 2.21. The number of sulfonamides is 1. The van der Waals surface area contributed by atoms with Crippen molar-refractivity contribution in [2.24, 2.45) is 5.92 Å². The molecule has 1 saturated carbocycles. The van der Waals surface area contributed by atoms with E-state index in [2.05, 4.69) is 4.72 Å². The maximum Gasteiger partial charge on any atom is 0.250 e. The van der Waals surface area contributed by atoms with Gasteiger partial charge in [0.2, 0.25) is 10.0 Å². The Morgan fingerprint density at radius 1 is 1.50 bits per heavy atom. The number of nitriles is 1. The van der Waals surface area contributed by atoms with E-state index in [1.165, 1.54) is 25.0 Å². The Morgan fingerprint density at radius 2 is 2.28 bits per heavy atom. The molecule has 1 heterocycles. The molecule has 0 aromatic carbocycles. The highest BCUT2D eigenvalue weighted by Crippen LogP contribution is 2.28. The summed E-state index contributed by atoms with van der Waals surface area (Å²) in [6, 6.07) is 4.86. The molecule has 0 unspecified atom stereocenters. The normalized spacial score (nSPS) is 15.5. The van der Waals surface area contributed by atoms with E-state index >= 15 is 0 Å². The molecule has 5 nitrogen and oxygen atoms in total. The lowest BCUT2D eigenvalue weighted by Crippen LogP contribution is -2.27. The average Bonchev–Trinajstić information content (AvgIpc) is 3.03. The Hall–Kier alpha value is -0.940. The van der Waals surface area contributed by atoms with E-state index in [0.717, 1.165) is 17.9 Å². The third-order valence-electron chi connectivity index (χ3n) is 2.55. The molecule has 1 N–H and O–H groups in total. The monoisotopic (exact) mass is 286 g/mol. The van der Waals surface area contributed by atoms with Crippen molar-refractivity contribution in [1.82, 2.24) is 4.72 Å². The minimum Gasteiger partial charge on any atom is -0.380 e. The van der Waals surface area contributed by atoms with E-state index < -0.39 is 10.0 Å². The summed E-state index contributed by atoms with van der Waals surface area (Å²) in [7, 11) is -3.50. The largest absolute Gasteiger partial charge is 0.380 e. The molecular weight excluding hydrogens is 272 g/mol. The fourth-order valence-corrected chi connectivity index (χ4v) is 3.54. The van der Waals surface area contributed by atoms with Crippen LogP contribution in [-0.2, 0) is 14.8 Å². The number of nitrogens with one attached hydrogen (secondary N) is 1. The number of hydrogen-bond acceptors (Lipinski definition) is 5. The summed E-state index contributed by atoms with van der Waals surface area (Å²) in [5.41, 5.74) is 0. The lowest BCUT2D eigenvalue weighted by atomic mass is 10.5. The van der Waals surface area contributed by atoms with Crippen molar-refractivity contribution >= 4 is 21.4 Å². The van der Waals surface area contributed by atoms with Gasteiger partial charge in [0, 0.05) is 13.2 Å². The molecule has 0 radical (unpaired) electrons. The molecular formula is C11H14N2O3S2. The van der Waals surface area contributed by atoms with Crippen LogP contribution >= 0.6 is 11.3 Å². The Kier molecular flexibility index (Phi) is 4.35. The molecule has 0 saturated heterocycles. The van der Waals surface area contributed by atoms with Crippen LogP contribution in [0.1, 0.15) is 17.7 Å². The first-order valence-corrected chi connectivity index (χ1v) is 7.99. The van der Waals surface area contributed by atoms with Crippen LogP contribution in [0.4, 0.5) is 0 Å². The topological polar surface area (TPSA) is 79.2 Å². The summed E-state index contributed by atoms with van der Waals surface area (Å²) in [5.74, 6) is 0.678. The van der Waals surface area contributed by atoms with E-state index in [1.807, 2.05) is 6.07 Å². The summed E-state index contributed by atoms with van der Waals surface area (Å²) in [4.78, 5) is 0.389. The fourth-order valence-electron chi connectivity index (χ4n) is 1.38. The molecule has 18 heavy (non-hydrogen) atoms. The van der Waals surface area contributed by atoms with Gasteiger partial charge in [-0.2, -0.15) is 5.26 Å². The number of hydrogen-bond donors (Lipinski definition) is 1. The van der Waals surface area contributed by atoms with Crippen molar-refractivity contribution in [3.8, 4) is 6.07 Å². The minimum absolute atomic E-state index is 0.168. The Morgan fingerprint density at radius 3 is 2.89 bits per heavy atom. The minimum atomic E-state index is -3.50. The summed E-state index contributed by atoms with van der Waals surface area (Å²) in [6.07, 6.45) is 2.44. The number of nitrogens with zero attached hydrogens (tertiary/aromatic N) is 1. The summed E-state index contributed by atoms with van der Waals surface area (Å²) in [5, 5.41) is 8.65. The SMILES string of the molecule is N#Cc1ccc(S(=O)(=O)NCCOCC2CC2)s1. The molecule has 0 aliphatic heterocycles. The zero-order chi connectivity index (χ0) is 13.0. The van der Waals surface area contributed by atoms with Crippen LogP contribution in [0.3, 0.4) is 0 Å². The van der Waals surface area contributed by atoms with Crippen LogP contribution in [-0.4, -0.2) is 28.2 Å². The summed E-state index contributed by atoms with van der Waals surface area (Å²) < 4.78 is 31.6. The van der Waals surface area contributed by atoms with Crippen LogP contribution in [0.15, 0.2) is 16.3 Å². The van der Waals surface area contributed by atoms with Gasteiger partial charge in [-0.3, -0.25) is 0 Å². The van der Waals surface area contributed by atoms with E-state index in [4.69, 9.17) is 10.00 Å². The van der Waals surface area contributed by atoms with Crippen molar-refractivity contribution in [3.63, 3.8) is 0 Å². The molecule has 0 atom stereocenters. The highest BCUT2D eigenvalue weighted by atomic mass is 32.2. The molecule has 0 bridgehead atoms. The maximum atomic E-state index is 11.8. The predicted octanol–water partition coefficient (Wildman–Crippen LogP) is 1.32. The maximum absolute atomic E-state index is 11.8. The Bertz CT molecular complexity index is 541. The van der Waals surface area contributed by atoms with Gasteiger partial charge in [0.25, 0.3) is 0 Å². The fraction of sp³-hybridized carbons (Fsp3) is 0.545. The lowest BCUT2D eigenvalue weighted by molar-refractivity contribution is 0.129. The number of ether oxygens (including phenoxy) is 1. The van der Waals surface area contributed by atoms with E-state index in [9.17, 15) is 8.42 Å². The van der Waals surface area contributed by atoms with Gasteiger partial charge in [0.1, 0.15) is 15.2 Å². The first-order valence-electron chi connectivity index (χ1n) is 5.69.